The first-order chi connectivity index (χ1) is 31.5. The molecule has 0 bridgehead atoms. The Bertz CT molecular complexity index is 1810. The van der Waals surface area contributed by atoms with Crippen LogP contribution >= 0.6 is 0 Å². The van der Waals surface area contributed by atoms with E-state index in [0.29, 0.717) is 24.8 Å². The first-order valence-electron chi connectivity index (χ1n) is 23.5. The quantitative estimate of drug-likeness (QED) is 0.0453. The molecule has 0 aliphatic rings. The molecule has 2 rings (SSSR count). The maximum atomic E-state index is 13.3. The van der Waals surface area contributed by atoms with Crippen molar-refractivity contribution in [2.75, 3.05) is 0 Å². The Hall–Kier alpha value is -5.84. The number of nitrogens with two attached hydrogens (primary N) is 2. The number of carboxylic acid groups (broad SMARTS) is 1. The minimum atomic E-state index is -1.28. The summed E-state index contributed by atoms with van der Waals surface area (Å²) in [5.41, 5.74) is 12.6. The van der Waals surface area contributed by atoms with Crippen LogP contribution in [0.25, 0.3) is 0 Å². The second-order valence-corrected chi connectivity index (χ2v) is 17.6. The molecule has 0 aromatic heterocycles. The fraction of sp³-hybridized carbons (Fsp3) is 0.592. The molecule has 0 aliphatic heterocycles. The van der Waals surface area contributed by atoms with Crippen molar-refractivity contribution in [1.29, 1.82) is 0 Å². The molecule has 11 N–H and O–H groups in total. The van der Waals surface area contributed by atoms with Crippen LogP contribution in [-0.4, -0.2) is 93.8 Å². The zero-order chi connectivity index (χ0) is 48.9. The lowest BCUT2D eigenvalue weighted by Crippen LogP contribution is -2.58. The van der Waals surface area contributed by atoms with Crippen molar-refractivity contribution in [3.8, 4) is 0 Å². The molecule has 366 valence electrons. The zero-order valence-corrected chi connectivity index (χ0v) is 39.1. The number of benzene rings is 2. The normalized spacial score (nSPS) is 13.8. The van der Waals surface area contributed by atoms with Gasteiger partial charge in [-0.15, -0.1) is 0 Å². The standard InChI is InChI=1S/C49H75N7O10/c1-33(2)30-38(46(62)53-37(45(51)61)29-28-35-22-16-14-17-23-35)54-48(64)44(34(3)57)56-43(60)27-21-13-11-9-7-5-4-6-8-10-12-20-26-42(59)52-39(32-41(50)58)47(63)55-40(49(65)66)31-36-24-18-15-19-25-36/h14-19,22-25,33-34,37-40,44,57H,4-13,20-21,26-32H2,1-3H3,(H2,50,58)(H2,51,61)(H,52,59)(H,53,62)(H,54,64)(H,55,63)(H,56,60)(H,65,66)/t34-,37-,38-,39-,40-,44-/m0/s1. The van der Waals surface area contributed by atoms with E-state index in [1.54, 1.807) is 30.3 Å². The van der Waals surface area contributed by atoms with Gasteiger partial charge in [-0.3, -0.25) is 33.6 Å². The maximum absolute atomic E-state index is 13.3. The average Bonchev–Trinajstić information content (AvgIpc) is 3.26. The van der Waals surface area contributed by atoms with Crippen LogP contribution in [0.1, 0.15) is 141 Å². The summed E-state index contributed by atoms with van der Waals surface area (Å²) in [5, 5.41) is 33.0. The first kappa shape index (κ1) is 56.3. The lowest BCUT2D eigenvalue weighted by molar-refractivity contribution is -0.142. The van der Waals surface area contributed by atoms with Gasteiger partial charge in [0.2, 0.25) is 41.4 Å². The Morgan fingerprint density at radius 3 is 1.42 bits per heavy atom. The lowest BCUT2D eigenvalue weighted by atomic mass is 10.0. The van der Waals surface area contributed by atoms with E-state index in [0.717, 1.165) is 69.8 Å². The van der Waals surface area contributed by atoms with Gasteiger partial charge >= 0.3 is 5.97 Å². The Kier molecular flexibility index (Phi) is 27.2. The fourth-order valence-corrected chi connectivity index (χ4v) is 7.47. The van der Waals surface area contributed by atoms with E-state index in [2.05, 4.69) is 26.6 Å². The highest BCUT2D eigenvalue weighted by atomic mass is 16.4. The molecule has 17 nitrogen and oxygen atoms in total. The third-order valence-corrected chi connectivity index (χ3v) is 11.2. The van der Waals surface area contributed by atoms with Gasteiger partial charge in [0.15, 0.2) is 0 Å². The monoisotopic (exact) mass is 922 g/mol. The zero-order valence-electron chi connectivity index (χ0n) is 39.1. The number of aliphatic carboxylic acids is 1. The van der Waals surface area contributed by atoms with E-state index in [1.165, 1.54) is 6.92 Å². The number of rotatable bonds is 35. The number of aliphatic hydroxyl groups is 1. The van der Waals surface area contributed by atoms with Crippen molar-refractivity contribution < 1.29 is 48.6 Å². The van der Waals surface area contributed by atoms with Crippen molar-refractivity contribution in [3.63, 3.8) is 0 Å². The molecule has 6 atom stereocenters. The Labute approximate surface area is 389 Å². The third-order valence-electron chi connectivity index (χ3n) is 11.2. The van der Waals surface area contributed by atoms with E-state index in [1.807, 2.05) is 44.2 Å². The number of nitrogens with one attached hydrogen (secondary N) is 5. The van der Waals surface area contributed by atoms with E-state index < -0.39 is 84.1 Å². The van der Waals surface area contributed by atoms with Crippen LogP contribution in [0.15, 0.2) is 60.7 Å². The highest BCUT2D eigenvalue weighted by Gasteiger charge is 2.32. The van der Waals surface area contributed by atoms with Crippen LogP contribution in [0.2, 0.25) is 0 Å². The summed E-state index contributed by atoms with van der Waals surface area (Å²) in [4.78, 5) is 101. The molecule has 0 fully saturated rings. The molecule has 0 heterocycles. The Balaban J connectivity index is 1.62. The van der Waals surface area contributed by atoms with Gasteiger partial charge in [-0.1, -0.05) is 139 Å². The van der Waals surface area contributed by atoms with Crippen molar-refractivity contribution in [3.05, 3.63) is 71.8 Å². The summed E-state index contributed by atoms with van der Waals surface area (Å²) in [7, 11) is 0. The average molecular weight is 922 g/mol. The minimum absolute atomic E-state index is 0.000465. The summed E-state index contributed by atoms with van der Waals surface area (Å²) in [6, 6.07) is 12.5. The van der Waals surface area contributed by atoms with Gasteiger partial charge in [0.25, 0.3) is 0 Å². The molecule has 0 radical (unpaired) electrons. The first-order valence-corrected chi connectivity index (χ1v) is 23.5. The van der Waals surface area contributed by atoms with Crippen molar-refractivity contribution in [2.45, 2.75) is 179 Å². The smallest absolute Gasteiger partial charge is 0.326 e. The van der Waals surface area contributed by atoms with Gasteiger partial charge in [0.1, 0.15) is 30.2 Å². The summed E-state index contributed by atoms with van der Waals surface area (Å²) < 4.78 is 0. The minimum Gasteiger partial charge on any atom is -0.480 e. The Morgan fingerprint density at radius 2 is 0.970 bits per heavy atom. The number of carbonyl (C=O) groups is 8. The number of aryl methyl sites for hydroxylation is 1. The molecule has 0 saturated carbocycles. The number of hydrogen-bond donors (Lipinski definition) is 9. The molecular weight excluding hydrogens is 847 g/mol. The van der Waals surface area contributed by atoms with Crippen LogP contribution in [0.5, 0.6) is 0 Å². The van der Waals surface area contributed by atoms with Gasteiger partial charge in [-0.25, -0.2) is 4.79 Å². The summed E-state index contributed by atoms with van der Waals surface area (Å²) >= 11 is 0. The highest BCUT2D eigenvalue weighted by molar-refractivity contribution is 5.95. The lowest BCUT2D eigenvalue weighted by Gasteiger charge is -2.26. The maximum Gasteiger partial charge on any atom is 0.326 e. The number of carboxylic acids is 1. The van der Waals surface area contributed by atoms with Crippen LogP contribution in [0.4, 0.5) is 0 Å². The van der Waals surface area contributed by atoms with E-state index in [9.17, 15) is 48.6 Å². The summed E-state index contributed by atoms with van der Waals surface area (Å²) in [5.74, 6) is -5.59. The number of aliphatic hydroxyl groups excluding tert-OH is 1. The molecule has 66 heavy (non-hydrogen) atoms. The number of unbranched alkanes of at least 4 members (excludes halogenated alkanes) is 11. The van der Waals surface area contributed by atoms with Crippen molar-refractivity contribution in [1.82, 2.24) is 26.6 Å². The van der Waals surface area contributed by atoms with Crippen molar-refractivity contribution >= 4 is 47.3 Å². The molecule has 0 spiro atoms. The SMILES string of the molecule is CC(C)C[C@H](NC(=O)[C@@H](NC(=O)CCCCCCCCCCCCCCC(=O)N[C@@H](CC(N)=O)C(=O)N[C@@H](Cc1ccccc1)C(=O)O)[C@H](C)O)C(=O)N[C@@H](CCc1ccccc1)C(N)=O. The predicted molar refractivity (Wildman–Crippen MR) is 251 cm³/mol. The van der Waals surface area contributed by atoms with E-state index in [4.69, 9.17) is 11.5 Å². The molecule has 17 heteroatoms. The number of carbonyl (C=O) groups excluding carboxylic acids is 7. The molecule has 0 aliphatic carbocycles. The van der Waals surface area contributed by atoms with Gasteiger partial charge in [0, 0.05) is 19.3 Å². The van der Waals surface area contributed by atoms with Crippen molar-refractivity contribution in [2.24, 2.45) is 17.4 Å². The third kappa shape index (κ3) is 24.4. The number of primary amides is 2. The van der Waals surface area contributed by atoms with E-state index in [-0.39, 0.29) is 43.9 Å². The fourth-order valence-electron chi connectivity index (χ4n) is 7.47. The molecule has 0 unspecified atom stereocenters. The second kappa shape index (κ2) is 31.9. The van der Waals surface area contributed by atoms with Gasteiger partial charge in [-0.2, -0.15) is 0 Å². The number of amides is 7. The van der Waals surface area contributed by atoms with Crippen LogP contribution in [0.3, 0.4) is 0 Å². The topological polar surface area (TPSA) is 289 Å². The van der Waals surface area contributed by atoms with Crippen LogP contribution < -0.4 is 38.1 Å². The number of hydrogen-bond acceptors (Lipinski definition) is 9. The van der Waals surface area contributed by atoms with Gasteiger partial charge < -0.3 is 48.3 Å². The molecule has 2 aromatic rings. The Morgan fingerprint density at radius 1 is 0.530 bits per heavy atom. The van der Waals surface area contributed by atoms with Gasteiger partial charge in [-0.05, 0) is 56.1 Å². The summed E-state index contributed by atoms with van der Waals surface area (Å²) in [6.45, 7) is 5.16. The molecular formula is C49H75N7O10. The molecule has 7 amide bonds. The van der Waals surface area contributed by atoms with E-state index >= 15 is 0 Å². The van der Waals surface area contributed by atoms with Crippen LogP contribution in [-0.2, 0) is 51.2 Å². The largest absolute Gasteiger partial charge is 0.480 e. The molecule has 0 saturated heterocycles. The van der Waals surface area contributed by atoms with Gasteiger partial charge in [0.05, 0.1) is 12.5 Å². The summed E-state index contributed by atoms with van der Waals surface area (Å²) in [6.07, 6.45) is 10.8. The predicted octanol–water partition coefficient (Wildman–Crippen LogP) is 3.62. The highest BCUT2D eigenvalue weighted by Crippen LogP contribution is 2.14. The molecule has 2 aromatic carbocycles. The second-order valence-electron chi connectivity index (χ2n) is 17.6. The van der Waals surface area contributed by atoms with Crippen LogP contribution in [0, 0.1) is 5.92 Å².